The van der Waals surface area contributed by atoms with Crippen molar-refractivity contribution >= 4 is 27.5 Å². The number of benzene rings is 2. The molecule has 2 aromatic rings. The Hall–Kier alpha value is -2.75. The van der Waals surface area contributed by atoms with Crippen molar-refractivity contribution in [2.45, 2.75) is 27.3 Å². The highest BCUT2D eigenvalue weighted by Gasteiger charge is 2.25. The summed E-state index contributed by atoms with van der Waals surface area (Å²) in [6.45, 7) is 9.15. The zero-order valence-electron chi connectivity index (χ0n) is 20.1. The molecule has 0 spiro atoms. The van der Waals surface area contributed by atoms with Crippen LogP contribution in [0.25, 0.3) is 0 Å². The average Bonchev–Trinajstić information content (AvgIpc) is 2.83. The third kappa shape index (κ3) is 6.88. The van der Waals surface area contributed by atoms with Crippen molar-refractivity contribution in [1.82, 2.24) is 14.5 Å². The van der Waals surface area contributed by atoms with E-state index in [-0.39, 0.29) is 17.6 Å². The van der Waals surface area contributed by atoms with Gasteiger partial charge in [-0.25, -0.2) is 8.42 Å². The molecule has 8 nitrogen and oxygen atoms in total. The topological polar surface area (TPSA) is 98.8 Å². The Morgan fingerprint density at radius 1 is 0.971 bits per heavy atom. The molecule has 2 N–H and O–H groups in total. The molecule has 1 fully saturated rings. The minimum Gasteiger partial charge on any atom is -0.352 e. The van der Waals surface area contributed by atoms with Gasteiger partial charge in [-0.05, 0) is 42.7 Å². The highest BCUT2D eigenvalue weighted by Crippen LogP contribution is 2.18. The van der Waals surface area contributed by atoms with E-state index in [1.807, 2.05) is 32.0 Å². The van der Waals surface area contributed by atoms with Gasteiger partial charge in [0.2, 0.25) is 10.0 Å². The maximum absolute atomic E-state index is 13.0. The molecule has 1 aliphatic heterocycles. The summed E-state index contributed by atoms with van der Waals surface area (Å²) in [5.41, 5.74) is 2.37. The Morgan fingerprint density at radius 3 is 2.35 bits per heavy atom. The minimum atomic E-state index is -3.16. The molecule has 3 rings (SSSR count). The van der Waals surface area contributed by atoms with Gasteiger partial charge in [-0.3, -0.25) is 14.5 Å². The number of nitrogens with zero attached hydrogens (tertiary/aromatic N) is 2. The van der Waals surface area contributed by atoms with Gasteiger partial charge in [0, 0.05) is 44.8 Å². The Morgan fingerprint density at radius 2 is 1.68 bits per heavy atom. The van der Waals surface area contributed by atoms with Gasteiger partial charge in [0.25, 0.3) is 11.8 Å². The van der Waals surface area contributed by atoms with Crippen LogP contribution in [0.1, 0.15) is 47.1 Å². The molecule has 1 aliphatic rings. The number of hydrogen-bond donors (Lipinski definition) is 2. The molecule has 34 heavy (non-hydrogen) atoms. The summed E-state index contributed by atoms with van der Waals surface area (Å²) >= 11 is 0. The summed E-state index contributed by atoms with van der Waals surface area (Å²) in [5, 5.41) is 5.75. The van der Waals surface area contributed by atoms with Crippen molar-refractivity contribution in [2.24, 2.45) is 5.92 Å². The predicted octanol–water partition coefficient (Wildman–Crippen LogP) is 2.79. The number of nitrogens with one attached hydrogen (secondary N) is 2. The number of piperazine rings is 1. The Balaban J connectivity index is 1.63. The fraction of sp³-hybridized carbons (Fsp3) is 0.440. The lowest BCUT2D eigenvalue weighted by Crippen LogP contribution is -2.48. The maximum Gasteiger partial charge on any atom is 0.255 e. The van der Waals surface area contributed by atoms with E-state index in [0.717, 1.165) is 5.56 Å². The number of rotatable bonds is 9. The van der Waals surface area contributed by atoms with Crippen LogP contribution >= 0.6 is 0 Å². The molecule has 2 amide bonds. The number of hydrogen-bond acceptors (Lipinski definition) is 5. The van der Waals surface area contributed by atoms with E-state index in [1.54, 1.807) is 41.6 Å². The van der Waals surface area contributed by atoms with E-state index in [0.29, 0.717) is 62.0 Å². The molecule has 0 aliphatic carbocycles. The molecule has 1 saturated heterocycles. The van der Waals surface area contributed by atoms with Crippen LogP contribution in [-0.2, 0) is 16.6 Å². The van der Waals surface area contributed by atoms with Gasteiger partial charge in [-0.15, -0.1) is 0 Å². The second-order valence-corrected chi connectivity index (χ2v) is 11.1. The summed E-state index contributed by atoms with van der Waals surface area (Å²) in [6.07, 6.45) is 0. The van der Waals surface area contributed by atoms with Crippen molar-refractivity contribution in [3.8, 4) is 0 Å². The number of sulfonamides is 1. The molecule has 0 atom stereocenters. The van der Waals surface area contributed by atoms with E-state index in [2.05, 4.69) is 15.5 Å². The van der Waals surface area contributed by atoms with Crippen LogP contribution in [0.5, 0.6) is 0 Å². The average molecular weight is 487 g/mol. The zero-order chi connectivity index (χ0) is 24.7. The van der Waals surface area contributed by atoms with Crippen LogP contribution < -0.4 is 10.6 Å². The van der Waals surface area contributed by atoms with Crippen LogP contribution in [0.15, 0.2) is 48.5 Å². The standard InChI is InChI=1S/C25H34N4O4S/c1-4-34(32,33)29-14-12-28(13-15-29)18-20-8-7-9-21(16-20)24(30)27-23-11-6-5-10-22(23)25(31)26-17-19(2)3/h5-11,16,19H,4,12-15,17-18H2,1-3H3,(H,26,31)(H,27,30). The number of amides is 2. The molecule has 184 valence electrons. The van der Waals surface area contributed by atoms with Crippen molar-refractivity contribution in [2.75, 3.05) is 43.8 Å². The molecule has 0 radical (unpaired) electrons. The lowest BCUT2D eigenvalue weighted by atomic mass is 10.1. The van der Waals surface area contributed by atoms with Gasteiger partial charge in [-0.2, -0.15) is 4.31 Å². The lowest BCUT2D eigenvalue weighted by Gasteiger charge is -2.33. The summed E-state index contributed by atoms with van der Waals surface area (Å²) in [5.74, 6) is -0.0630. The quantitative estimate of drug-likeness (QED) is 0.568. The van der Waals surface area contributed by atoms with Crippen LogP contribution in [0.3, 0.4) is 0 Å². The van der Waals surface area contributed by atoms with Gasteiger partial charge in [0.1, 0.15) is 0 Å². The monoisotopic (exact) mass is 486 g/mol. The second-order valence-electron chi connectivity index (χ2n) is 8.88. The van der Waals surface area contributed by atoms with Crippen molar-refractivity contribution in [3.05, 3.63) is 65.2 Å². The van der Waals surface area contributed by atoms with Crippen LogP contribution in [-0.4, -0.2) is 67.9 Å². The fourth-order valence-corrected chi connectivity index (χ4v) is 4.88. The van der Waals surface area contributed by atoms with E-state index in [9.17, 15) is 18.0 Å². The van der Waals surface area contributed by atoms with Crippen molar-refractivity contribution < 1.29 is 18.0 Å². The van der Waals surface area contributed by atoms with Crippen molar-refractivity contribution in [3.63, 3.8) is 0 Å². The summed E-state index contributed by atoms with van der Waals surface area (Å²) in [6, 6.07) is 14.3. The van der Waals surface area contributed by atoms with Crippen LogP contribution in [0, 0.1) is 5.92 Å². The van der Waals surface area contributed by atoms with Gasteiger partial charge in [0.15, 0.2) is 0 Å². The summed E-state index contributed by atoms with van der Waals surface area (Å²) in [7, 11) is -3.16. The highest BCUT2D eigenvalue weighted by atomic mass is 32.2. The first-order valence-corrected chi connectivity index (χ1v) is 13.3. The molecule has 1 heterocycles. The Kier molecular flexibility index (Phi) is 8.82. The predicted molar refractivity (Wildman–Crippen MR) is 134 cm³/mol. The summed E-state index contributed by atoms with van der Waals surface area (Å²) < 4.78 is 25.7. The van der Waals surface area contributed by atoms with Crippen molar-refractivity contribution in [1.29, 1.82) is 0 Å². The highest BCUT2D eigenvalue weighted by molar-refractivity contribution is 7.89. The third-order valence-electron chi connectivity index (χ3n) is 5.78. The SMILES string of the molecule is CCS(=O)(=O)N1CCN(Cc2cccc(C(=O)Nc3ccccc3C(=O)NCC(C)C)c2)CC1. The number of carbonyl (C=O) groups is 2. The number of para-hydroxylation sites is 1. The molecular weight excluding hydrogens is 452 g/mol. The molecular formula is C25H34N4O4S. The molecule has 0 aromatic heterocycles. The first-order chi connectivity index (χ1) is 16.2. The fourth-order valence-electron chi connectivity index (χ4n) is 3.79. The molecule has 9 heteroatoms. The Labute approximate surface area is 202 Å². The van der Waals surface area contributed by atoms with Gasteiger partial charge < -0.3 is 10.6 Å². The van der Waals surface area contributed by atoms with E-state index >= 15 is 0 Å². The maximum atomic E-state index is 13.0. The van der Waals surface area contributed by atoms with Gasteiger partial charge in [-0.1, -0.05) is 38.1 Å². The smallest absolute Gasteiger partial charge is 0.255 e. The normalized spacial score (nSPS) is 15.3. The number of carbonyl (C=O) groups excluding carboxylic acids is 2. The Bertz CT molecular complexity index is 1110. The number of anilines is 1. The van der Waals surface area contributed by atoms with E-state index in [4.69, 9.17) is 0 Å². The van der Waals surface area contributed by atoms with E-state index < -0.39 is 10.0 Å². The van der Waals surface area contributed by atoms with E-state index in [1.165, 1.54) is 0 Å². The second kappa shape index (κ2) is 11.6. The van der Waals surface area contributed by atoms with Gasteiger partial charge >= 0.3 is 0 Å². The zero-order valence-corrected chi connectivity index (χ0v) is 20.9. The molecule has 0 saturated carbocycles. The minimum absolute atomic E-state index is 0.118. The first-order valence-electron chi connectivity index (χ1n) is 11.7. The largest absolute Gasteiger partial charge is 0.352 e. The summed E-state index contributed by atoms with van der Waals surface area (Å²) in [4.78, 5) is 27.7. The van der Waals surface area contributed by atoms with Crippen LogP contribution in [0.2, 0.25) is 0 Å². The lowest BCUT2D eigenvalue weighted by molar-refractivity contribution is 0.0950. The van der Waals surface area contributed by atoms with Crippen LogP contribution in [0.4, 0.5) is 5.69 Å². The van der Waals surface area contributed by atoms with Gasteiger partial charge in [0.05, 0.1) is 17.0 Å². The molecule has 2 aromatic carbocycles. The third-order valence-corrected chi connectivity index (χ3v) is 7.66. The first kappa shape index (κ1) is 25.9. The molecule has 0 unspecified atom stereocenters. The molecule has 0 bridgehead atoms.